The van der Waals surface area contributed by atoms with Crippen molar-refractivity contribution in [3.05, 3.63) is 59.2 Å². The number of aryl methyl sites for hydroxylation is 2. The quantitative estimate of drug-likeness (QED) is 0.289. The Bertz CT molecular complexity index is 1210. The van der Waals surface area contributed by atoms with Gasteiger partial charge in [-0.1, -0.05) is 6.07 Å². The number of ether oxygens (including phenoxy) is 1. The molecule has 1 aromatic carbocycles. The topological polar surface area (TPSA) is 131 Å². The van der Waals surface area contributed by atoms with Crippen molar-refractivity contribution < 1.29 is 19.5 Å². The van der Waals surface area contributed by atoms with Gasteiger partial charge in [0.15, 0.2) is 0 Å². The SMILES string of the molecule is CCONC(=O)c1cnc(Nc2cc(C)nc(C)n2)cc1Nc1ccc(C2CC2)cc1OC(C)CO. The summed E-state index contributed by atoms with van der Waals surface area (Å²) < 4.78 is 6.02. The van der Waals surface area contributed by atoms with E-state index in [0.717, 1.165) is 18.5 Å². The van der Waals surface area contributed by atoms with Crippen LogP contribution in [0.15, 0.2) is 36.5 Å². The Balaban J connectivity index is 1.69. The zero-order chi connectivity index (χ0) is 25.7. The molecular weight excluding hydrogens is 460 g/mol. The first-order chi connectivity index (χ1) is 17.4. The highest BCUT2D eigenvalue weighted by atomic mass is 16.6. The number of aliphatic hydroxyl groups excluding tert-OH is 1. The third-order valence-electron chi connectivity index (χ3n) is 5.59. The summed E-state index contributed by atoms with van der Waals surface area (Å²) in [5, 5.41) is 16.1. The smallest absolute Gasteiger partial charge is 0.278 e. The van der Waals surface area contributed by atoms with Gasteiger partial charge in [-0.05, 0) is 64.2 Å². The minimum atomic E-state index is -0.437. The Morgan fingerprint density at radius 1 is 1.11 bits per heavy atom. The second kappa shape index (κ2) is 11.3. The van der Waals surface area contributed by atoms with Crippen LogP contribution in [-0.2, 0) is 4.84 Å². The lowest BCUT2D eigenvalue weighted by Gasteiger charge is -2.19. The van der Waals surface area contributed by atoms with Crippen LogP contribution < -0.4 is 20.9 Å². The van der Waals surface area contributed by atoms with Crippen LogP contribution in [0.4, 0.5) is 23.0 Å². The van der Waals surface area contributed by atoms with Gasteiger partial charge in [-0.15, -0.1) is 0 Å². The van der Waals surface area contributed by atoms with E-state index in [4.69, 9.17) is 9.57 Å². The largest absolute Gasteiger partial charge is 0.486 e. The fourth-order valence-corrected chi connectivity index (χ4v) is 3.72. The molecule has 1 fully saturated rings. The molecule has 10 heteroatoms. The number of aromatic nitrogens is 3. The van der Waals surface area contributed by atoms with Crippen molar-refractivity contribution in [3.63, 3.8) is 0 Å². The minimum absolute atomic E-state index is 0.115. The summed E-state index contributed by atoms with van der Waals surface area (Å²) in [7, 11) is 0. The Labute approximate surface area is 210 Å². The summed E-state index contributed by atoms with van der Waals surface area (Å²) in [4.78, 5) is 31.0. The van der Waals surface area contributed by atoms with Gasteiger partial charge in [0.05, 0.1) is 30.2 Å². The first-order valence-electron chi connectivity index (χ1n) is 12.1. The molecule has 0 bridgehead atoms. The van der Waals surface area contributed by atoms with E-state index >= 15 is 0 Å². The van der Waals surface area contributed by atoms with Crippen molar-refractivity contribution >= 4 is 28.9 Å². The highest BCUT2D eigenvalue weighted by Gasteiger charge is 2.25. The zero-order valence-electron chi connectivity index (χ0n) is 21.0. The monoisotopic (exact) mass is 492 g/mol. The van der Waals surface area contributed by atoms with Crippen LogP contribution >= 0.6 is 0 Å². The molecule has 2 aromatic heterocycles. The van der Waals surface area contributed by atoms with Crippen LogP contribution in [0.3, 0.4) is 0 Å². The zero-order valence-corrected chi connectivity index (χ0v) is 21.0. The molecule has 190 valence electrons. The maximum Gasteiger partial charge on any atom is 0.278 e. The van der Waals surface area contributed by atoms with Crippen LogP contribution in [0.1, 0.15) is 60.0 Å². The van der Waals surface area contributed by atoms with Gasteiger partial charge in [0.1, 0.15) is 29.3 Å². The lowest BCUT2D eigenvalue weighted by Crippen LogP contribution is -2.24. The number of amides is 1. The number of hydrogen-bond donors (Lipinski definition) is 4. The Morgan fingerprint density at radius 2 is 1.92 bits per heavy atom. The Hall–Kier alpha value is -3.76. The average Bonchev–Trinajstić information content (AvgIpc) is 3.68. The molecule has 1 atom stereocenters. The number of carbonyl (C=O) groups excluding carboxylic acids is 1. The van der Waals surface area contributed by atoms with E-state index in [1.807, 2.05) is 32.0 Å². The molecule has 1 aliphatic rings. The van der Waals surface area contributed by atoms with E-state index in [0.29, 0.717) is 47.1 Å². The average molecular weight is 493 g/mol. The van der Waals surface area contributed by atoms with Gasteiger partial charge in [-0.2, -0.15) is 0 Å². The predicted octanol–water partition coefficient (Wildman–Crippen LogP) is 4.29. The molecule has 1 amide bonds. The number of hydroxylamine groups is 1. The highest BCUT2D eigenvalue weighted by Crippen LogP contribution is 2.43. The van der Waals surface area contributed by atoms with E-state index in [9.17, 15) is 9.90 Å². The number of nitrogens with zero attached hydrogens (tertiary/aromatic N) is 3. The summed E-state index contributed by atoms with van der Waals surface area (Å²) in [6.45, 7) is 7.50. The van der Waals surface area contributed by atoms with Gasteiger partial charge in [-0.25, -0.2) is 20.4 Å². The summed E-state index contributed by atoms with van der Waals surface area (Å²) in [6.07, 6.45) is 3.39. The van der Waals surface area contributed by atoms with E-state index in [2.05, 4.69) is 37.1 Å². The molecule has 1 unspecified atom stereocenters. The molecule has 4 rings (SSSR count). The molecule has 10 nitrogen and oxygen atoms in total. The summed E-state index contributed by atoms with van der Waals surface area (Å²) in [6, 6.07) is 9.53. The van der Waals surface area contributed by atoms with Crippen LogP contribution in [-0.4, -0.2) is 45.3 Å². The summed E-state index contributed by atoms with van der Waals surface area (Å²) in [5.41, 5.74) is 5.89. The molecule has 4 N–H and O–H groups in total. The molecule has 36 heavy (non-hydrogen) atoms. The Kier molecular flexibility index (Phi) is 7.97. The second-order valence-corrected chi connectivity index (χ2v) is 8.81. The van der Waals surface area contributed by atoms with E-state index in [1.54, 1.807) is 19.9 Å². The number of hydrogen-bond acceptors (Lipinski definition) is 9. The molecule has 1 aliphatic carbocycles. The van der Waals surface area contributed by atoms with Crippen LogP contribution in [0.25, 0.3) is 0 Å². The number of nitrogens with one attached hydrogen (secondary N) is 3. The van der Waals surface area contributed by atoms with Crippen molar-refractivity contribution in [2.75, 3.05) is 23.8 Å². The molecule has 2 heterocycles. The van der Waals surface area contributed by atoms with Crippen molar-refractivity contribution in [3.8, 4) is 5.75 Å². The second-order valence-electron chi connectivity index (χ2n) is 8.81. The fourth-order valence-electron chi connectivity index (χ4n) is 3.72. The standard InChI is InChI=1S/C26H32N6O4/c1-5-35-32-26(34)20-13-27-24(31-25-10-15(2)28-17(4)29-25)12-22(20)30-21-9-8-19(18-6-7-18)11-23(21)36-16(3)14-33/h8-13,16,18,33H,5-7,14H2,1-4H3,(H,32,34)(H2,27,28,29,30,31). The number of benzene rings is 1. The summed E-state index contributed by atoms with van der Waals surface area (Å²) >= 11 is 0. The predicted molar refractivity (Wildman–Crippen MR) is 137 cm³/mol. The molecule has 1 saturated carbocycles. The van der Waals surface area contributed by atoms with E-state index in [1.165, 1.54) is 11.8 Å². The van der Waals surface area contributed by atoms with Crippen molar-refractivity contribution in [2.45, 2.75) is 52.6 Å². The van der Waals surface area contributed by atoms with Crippen molar-refractivity contribution in [2.24, 2.45) is 0 Å². The van der Waals surface area contributed by atoms with Crippen LogP contribution in [0.2, 0.25) is 0 Å². The van der Waals surface area contributed by atoms with Crippen LogP contribution in [0, 0.1) is 13.8 Å². The third-order valence-corrected chi connectivity index (χ3v) is 5.59. The van der Waals surface area contributed by atoms with Gasteiger partial charge < -0.3 is 20.5 Å². The molecule has 0 aliphatic heterocycles. The molecule has 0 radical (unpaired) electrons. The van der Waals surface area contributed by atoms with Gasteiger partial charge in [0.25, 0.3) is 5.91 Å². The fraction of sp³-hybridized carbons (Fsp3) is 0.385. The van der Waals surface area contributed by atoms with Gasteiger partial charge >= 0.3 is 0 Å². The molecule has 0 saturated heterocycles. The number of anilines is 4. The van der Waals surface area contributed by atoms with Crippen molar-refractivity contribution in [1.82, 2.24) is 20.4 Å². The van der Waals surface area contributed by atoms with Crippen molar-refractivity contribution in [1.29, 1.82) is 0 Å². The van der Waals surface area contributed by atoms with E-state index < -0.39 is 5.91 Å². The summed E-state index contributed by atoms with van der Waals surface area (Å²) in [5.74, 6) is 2.43. The van der Waals surface area contributed by atoms with Crippen LogP contribution in [0.5, 0.6) is 5.75 Å². The molecule has 3 aromatic rings. The van der Waals surface area contributed by atoms with E-state index in [-0.39, 0.29) is 18.3 Å². The van der Waals surface area contributed by atoms with Gasteiger partial charge in [0.2, 0.25) is 0 Å². The number of aliphatic hydroxyl groups is 1. The highest BCUT2D eigenvalue weighted by molar-refractivity contribution is 6.00. The normalized spacial score (nSPS) is 13.7. The number of pyridine rings is 1. The lowest BCUT2D eigenvalue weighted by molar-refractivity contribution is 0.0365. The first-order valence-corrected chi connectivity index (χ1v) is 12.1. The minimum Gasteiger partial charge on any atom is -0.486 e. The number of rotatable bonds is 11. The molecular formula is C26H32N6O4. The Morgan fingerprint density at radius 3 is 2.61 bits per heavy atom. The lowest BCUT2D eigenvalue weighted by atomic mass is 10.1. The first kappa shape index (κ1) is 25.3. The third kappa shape index (κ3) is 6.46. The van der Waals surface area contributed by atoms with Gasteiger partial charge in [-0.3, -0.25) is 9.63 Å². The van der Waals surface area contributed by atoms with Gasteiger partial charge in [0, 0.05) is 24.0 Å². The molecule has 0 spiro atoms. The maximum absolute atomic E-state index is 12.8. The number of carbonyl (C=O) groups is 1. The maximum atomic E-state index is 12.8.